The van der Waals surface area contributed by atoms with E-state index in [1.165, 1.54) is 0 Å². The van der Waals surface area contributed by atoms with Crippen LogP contribution < -0.4 is 10.6 Å². The number of amides is 1. The molecular weight excluding hydrogens is 306 g/mol. The maximum Gasteiger partial charge on any atom is 0.227 e. The van der Waals surface area contributed by atoms with Crippen molar-refractivity contribution in [3.8, 4) is 0 Å². The summed E-state index contributed by atoms with van der Waals surface area (Å²) in [6, 6.07) is 7.36. The van der Waals surface area contributed by atoms with Crippen molar-refractivity contribution in [2.75, 3.05) is 17.2 Å². The molecule has 0 aromatic carbocycles. The predicted octanol–water partition coefficient (Wildman–Crippen LogP) is 1.56. The van der Waals surface area contributed by atoms with Crippen LogP contribution in [-0.2, 0) is 11.3 Å². The lowest BCUT2D eigenvalue weighted by Crippen LogP contribution is -2.17. The third-order valence-electron chi connectivity index (χ3n) is 3.18. The van der Waals surface area contributed by atoms with Gasteiger partial charge in [-0.2, -0.15) is 5.10 Å². The van der Waals surface area contributed by atoms with Crippen LogP contribution >= 0.6 is 0 Å². The topological polar surface area (TPSA) is 97.6 Å². The first kappa shape index (κ1) is 15.6. The highest BCUT2D eigenvalue weighted by atomic mass is 16.1. The molecule has 8 nitrogen and oxygen atoms in total. The van der Waals surface area contributed by atoms with Crippen LogP contribution in [0.15, 0.2) is 55.2 Å². The Hall–Kier alpha value is -3.29. The molecule has 1 amide bonds. The Morgan fingerprint density at radius 2 is 2.00 bits per heavy atom. The summed E-state index contributed by atoms with van der Waals surface area (Å²) in [5.41, 5.74) is 1.05. The van der Waals surface area contributed by atoms with E-state index in [0.29, 0.717) is 31.3 Å². The molecule has 3 aromatic heterocycles. The predicted molar refractivity (Wildman–Crippen MR) is 89.3 cm³/mol. The Balaban J connectivity index is 1.45. The molecule has 24 heavy (non-hydrogen) atoms. The molecule has 0 bridgehead atoms. The van der Waals surface area contributed by atoms with Crippen LogP contribution in [0.5, 0.6) is 0 Å². The molecule has 0 aliphatic heterocycles. The molecule has 3 aromatic rings. The van der Waals surface area contributed by atoms with Crippen molar-refractivity contribution in [2.24, 2.45) is 0 Å². The van der Waals surface area contributed by atoms with E-state index in [1.54, 1.807) is 41.6 Å². The minimum atomic E-state index is -0.120. The summed E-state index contributed by atoms with van der Waals surface area (Å²) in [6.07, 6.45) is 8.92. The lowest BCUT2D eigenvalue weighted by molar-refractivity contribution is -0.116. The summed E-state index contributed by atoms with van der Waals surface area (Å²) in [7, 11) is 0. The van der Waals surface area contributed by atoms with Crippen LogP contribution in [0, 0.1) is 0 Å². The van der Waals surface area contributed by atoms with Crippen LogP contribution in [-0.4, -0.2) is 37.2 Å². The zero-order valence-corrected chi connectivity index (χ0v) is 13.0. The molecule has 0 aliphatic rings. The minimum absolute atomic E-state index is 0.120. The lowest BCUT2D eigenvalue weighted by Gasteiger charge is -2.04. The van der Waals surface area contributed by atoms with E-state index < -0.39 is 0 Å². The second-order valence-corrected chi connectivity index (χ2v) is 5.06. The summed E-state index contributed by atoms with van der Waals surface area (Å²) in [5, 5.41) is 10.1. The smallest absolute Gasteiger partial charge is 0.227 e. The number of carbonyl (C=O) groups is 1. The number of anilines is 2. The summed E-state index contributed by atoms with van der Waals surface area (Å²) in [5.74, 6) is 0.913. The monoisotopic (exact) mass is 323 g/mol. The number of aromatic nitrogens is 5. The zero-order chi connectivity index (χ0) is 16.6. The van der Waals surface area contributed by atoms with Crippen molar-refractivity contribution in [3.05, 3.63) is 60.8 Å². The van der Waals surface area contributed by atoms with Crippen LogP contribution in [0.4, 0.5) is 11.8 Å². The van der Waals surface area contributed by atoms with Gasteiger partial charge in [-0.3, -0.25) is 14.5 Å². The molecule has 0 unspecified atom stereocenters. The van der Waals surface area contributed by atoms with Gasteiger partial charge in [0.25, 0.3) is 0 Å². The van der Waals surface area contributed by atoms with E-state index in [9.17, 15) is 4.79 Å². The summed E-state index contributed by atoms with van der Waals surface area (Å²) < 4.78 is 1.75. The third-order valence-corrected chi connectivity index (χ3v) is 3.18. The Kier molecular flexibility index (Phi) is 5.08. The van der Waals surface area contributed by atoms with Crippen LogP contribution in [0.3, 0.4) is 0 Å². The average Bonchev–Trinajstić information content (AvgIpc) is 3.03. The van der Waals surface area contributed by atoms with Gasteiger partial charge in [0.2, 0.25) is 11.9 Å². The molecule has 0 saturated carbocycles. The van der Waals surface area contributed by atoms with Gasteiger partial charge in [-0.25, -0.2) is 9.97 Å². The lowest BCUT2D eigenvalue weighted by atomic mass is 10.3. The Morgan fingerprint density at radius 3 is 2.79 bits per heavy atom. The van der Waals surface area contributed by atoms with Crippen LogP contribution in [0.25, 0.3) is 0 Å². The molecule has 3 heterocycles. The number of hydrogen-bond donors (Lipinski definition) is 2. The van der Waals surface area contributed by atoms with Crippen molar-refractivity contribution >= 4 is 17.7 Å². The highest BCUT2D eigenvalue weighted by molar-refractivity contribution is 5.89. The van der Waals surface area contributed by atoms with E-state index in [-0.39, 0.29) is 5.91 Å². The first-order valence-corrected chi connectivity index (χ1v) is 7.53. The number of nitrogens with one attached hydrogen (secondary N) is 2. The van der Waals surface area contributed by atoms with Gasteiger partial charge in [0, 0.05) is 50.0 Å². The number of pyridine rings is 1. The van der Waals surface area contributed by atoms with E-state index in [1.807, 2.05) is 18.3 Å². The van der Waals surface area contributed by atoms with Crippen molar-refractivity contribution in [1.29, 1.82) is 0 Å². The van der Waals surface area contributed by atoms with E-state index in [0.717, 1.165) is 5.56 Å². The fourth-order valence-corrected chi connectivity index (χ4v) is 2.08. The number of hydrogen-bond acceptors (Lipinski definition) is 6. The van der Waals surface area contributed by atoms with Crippen LogP contribution in [0.2, 0.25) is 0 Å². The summed E-state index contributed by atoms with van der Waals surface area (Å²) >= 11 is 0. The second kappa shape index (κ2) is 7.82. The third kappa shape index (κ3) is 4.60. The normalized spacial score (nSPS) is 10.3. The Morgan fingerprint density at radius 1 is 1.12 bits per heavy atom. The van der Waals surface area contributed by atoms with Gasteiger partial charge < -0.3 is 10.6 Å². The molecule has 122 valence electrons. The number of rotatable bonds is 7. The van der Waals surface area contributed by atoms with Crippen LogP contribution in [0.1, 0.15) is 12.0 Å². The standard InChI is InChI=1S/C16H17N7O/c24-15(4-9-20-16-18-7-2-8-19-16)21-14-5-10-23(22-14)12-13-3-1-6-17-11-13/h1-3,5-8,10-11H,4,9,12H2,(H,18,19,20)(H,21,22,24). The van der Waals surface area contributed by atoms with Crippen molar-refractivity contribution in [3.63, 3.8) is 0 Å². The molecule has 0 aliphatic carbocycles. The zero-order valence-electron chi connectivity index (χ0n) is 13.0. The fourth-order valence-electron chi connectivity index (χ4n) is 2.08. The highest BCUT2D eigenvalue weighted by Gasteiger charge is 2.06. The molecule has 2 N–H and O–H groups in total. The van der Waals surface area contributed by atoms with E-state index in [4.69, 9.17) is 0 Å². The summed E-state index contributed by atoms with van der Waals surface area (Å²) in [4.78, 5) is 24.0. The van der Waals surface area contributed by atoms with Crippen molar-refractivity contribution < 1.29 is 4.79 Å². The van der Waals surface area contributed by atoms with Gasteiger partial charge in [0.15, 0.2) is 5.82 Å². The summed E-state index contributed by atoms with van der Waals surface area (Å²) in [6.45, 7) is 1.06. The SMILES string of the molecule is O=C(CCNc1ncccn1)Nc1ccn(Cc2cccnc2)n1. The molecular formula is C16H17N7O. The maximum absolute atomic E-state index is 11.9. The number of carbonyl (C=O) groups excluding carboxylic acids is 1. The Labute approximate surface area is 139 Å². The van der Waals surface area contributed by atoms with E-state index in [2.05, 4.69) is 30.7 Å². The first-order chi connectivity index (χ1) is 11.8. The van der Waals surface area contributed by atoms with Gasteiger partial charge in [0.05, 0.1) is 6.54 Å². The molecule has 0 fully saturated rings. The molecule has 0 atom stereocenters. The minimum Gasteiger partial charge on any atom is -0.354 e. The number of nitrogens with zero attached hydrogens (tertiary/aromatic N) is 5. The average molecular weight is 323 g/mol. The quantitative estimate of drug-likeness (QED) is 0.685. The first-order valence-electron chi connectivity index (χ1n) is 7.53. The van der Waals surface area contributed by atoms with Gasteiger partial charge in [-0.1, -0.05) is 6.07 Å². The fraction of sp³-hybridized carbons (Fsp3) is 0.188. The molecule has 8 heteroatoms. The maximum atomic E-state index is 11.9. The molecule has 0 radical (unpaired) electrons. The Bertz CT molecular complexity index is 773. The van der Waals surface area contributed by atoms with Crippen molar-refractivity contribution in [1.82, 2.24) is 24.7 Å². The van der Waals surface area contributed by atoms with Gasteiger partial charge >= 0.3 is 0 Å². The van der Waals surface area contributed by atoms with Gasteiger partial charge in [-0.05, 0) is 17.7 Å². The van der Waals surface area contributed by atoms with E-state index >= 15 is 0 Å². The largest absolute Gasteiger partial charge is 0.354 e. The van der Waals surface area contributed by atoms with Gasteiger partial charge in [-0.15, -0.1) is 0 Å². The van der Waals surface area contributed by atoms with Gasteiger partial charge in [0.1, 0.15) is 0 Å². The molecule has 0 saturated heterocycles. The highest BCUT2D eigenvalue weighted by Crippen LogP contribution is 2.06. The second-order valence-electron chi connectivity index (χ2n) is 5.06. The molecule has 0 spiro atoms. The molecule has 3 rings (SSSR count). The van der Waals surface area contributed by atoms with Crippen molar-refractivity contribution in [2.45, 2.75) is 13.0 Å².